The van der Waals surface area contributed by atoms with Crippen LogP contribution in [0.1, 0.15) is 27.7 Å². The minimum absolute atomic E-state index is 0.374. The first-order chi connectivity index (χ1) is 17.8. The third kappa shape index (κ3) is 4.35. The van der Waals surface area contributed by atoms with Gasteiger partial charge in [-0.1, -0.05) is 91.0 Å². The van der Waals surface area contributed by atoms with E-state index in [1.807, 2.05) is 36.4 Å². The SMILES string of the molecule is CC1(C)OB(c2ccc(-c3nc(-c4cccc(-c5ccccc5)c4)c4ccccc4n3)cc2)OC1(C)C. The molecular formula is C32H29BN2O2. The fourth-order valence-corrected chi connectivity index (χ4v) is 4.67. The van der Waals surface area contributed by atoms with Crippen LogP contribution in [0.15, 0.2) is 103 Å². The average molecular weight is 484 g/mol. The largest absolute Gasteiger partial charge is 0.494 e. The van der Waals surface area contributed by atoms with Crippen molar-refractivity contribution in [1.29, 1.82) is 0 Å². The summed E-state index contributed by atoms with van der Waals surface area (Å²) in [6.45, 7) is 8.27. The molecule has 0 saturated carbocycles. The highest BCUT2D eigenvalue weighted by Crippen LogP contribution is 2.37. The van der Waals surface area contributed by atoms with Crippen molar-refractivity contribution in [2.24, 2.45) is 0 Å². The topological polar surface area (TPSA) is 44.2 Å². The van der Waals surface area contributed by atoms with Crippen molar-refractivity contribution in [3.63, 3.8) is 0 Å². The van der Waals surface area contributed by atoms with E-state index in [1.54, 1.807) is 0 Å². The molecule has 4 aromatic carbocycles. The number of fused-ring (bicyclic) bond motifs is 1. The van der Waals surface area contributed by atoms with E-state index in [0.717, 1.165) is 38.8 Å². The molecule has 2 heterocycles. The molecule has 1 saturated heterocycles. The maximum atomic E-state index is 6.22. The fourth-order valence-electron chi connectivity index (χ4n) is 4.67. The molecule has 0 aliphatic carbocycles. The van der Waals surface area contributed by atoms with Gasteiger partial charge in [0.05, 0.1) is 22.4 Å². The quantitative estimate of drug-likeness (QED) is 0.260. The number of benzene rings is 4. The molecule has 6 rings (SSSR count). The number of hydrogen-bond donors (Lipinski definition) is 0. The zero-order valence-corrected chi connectivity index (χ0v) is 21.6. The Bertz CT molecular complexity index is 1560. The van der Waals surface area contributed by atoms with E-state index in [4.69, 9.17) is 19.3 Å². The molecule has 4 nitrogen and oxygen atoms in total. The molecule has 1 aromatic heterocycles. The first-order valence-corrected chi connectivity index (χ1v) is 12.7. The van der Waals surface area contributed by atoms with E-state index in [0.29, 0.717) is 5.82 Å². The third-order valence-corrected chi connectivity index (χ3v) is 7.54. The van der Waals surface area contributed by atoms with Crippen LogP contribution in [0.5, 0.6) is 0 Å². The van der Waals surface area contributed by atoms with Gasteiger partial charge in [-0.25, -0.2) is 9.97 Å². The Kier molecular flexibility index (Phi) is 5.71. The van der Waals surface area contributed by atoms with Crippen molar-refractivity contribution < 1.29 is 9.31 Å². The van der Waals surface area contributed by atoms with E-state index in [2.05, 4.69) is 94.4 Å². The lowest BCUT2D eigenvalue weighted by molar-refractivity contribution is 0.00578. The van der Waals surface area contributed by atoms with Gasteiger partial charge in [-0.15, -0.1) is 0 Å². The molecular weight excluding hydrogens is 455 g/mol. The molecule has 5 aromatic rings. The molecule has 0 bridgehead atoms. The van der Waals surface area contributed by atoms with Gasteiger partial charge in [0.2, 0.25) is 0 Å². The smallest absolute Gasteiger partial charge is 0.399 e. The van der Waals surface area contributed by atoms with Gasteiger partial charge in [-0.2, -0.15) is 0 Å². The number of hydrogen-bond acceptors (Lipinski definition) is 4. The molecule has 37 heavy (non-hydrogen) atoms. The maximum Gasteiger partial charge on any atom is 0.494 e. The zero-order valence-electron chi connectivity index (χ0n) is 21.6. The van der Waals surface area contributed by atoms with Gasteiger partial charge in [0.25, 0.3) is 0 Å². The summed E-state index contributed by atoms with van der Waals surface area (Å²) in [6.07, 6.45) is 0. The molecule has 0 amide bonds. The normalized spacial score (nSPS) is 16.3. The van der Waals surface area contributed by atoms with Crippen LogP contribution in [0.25, 0.3) is 44.7 Å². The van der Waals surface area contributed by atoms with Gasteiger partial charge in [0.15, 0.2) is 5.82 Å². The van der Waals surface area contributed by atoms with Gasteiger partial charge < -0.3 is 9.31 Å². The summed E-state index contributed by atoms with van der Waals surface area (Å²) in [7, 11) is -0.396. The number of nitrogens with zero attached hydrogens (tertiary/aromatic N) is 2. The van der Waals surface area contributed by atoms with E-state index in [1.165, 1.54) is 5.56 Å². The molecule has 5 heteroatoms. The van der Waals surface area contributed by atoms with E-state index in [-0.39, 0.29) is 11.2 Å². The van der Waals surface area contributed by atoms with Gasteiger partial charge >= 0.3 is 7.12 Å². The summed E-state index contributed by atoms with van der Waals surface area (Å²) < 4.78 is 12.4. The first-order valence-electron chi connectivity index (χ1n) is 12.7. The number of rotatable bonds is 4. The Balaban J connectivity index is 1.40. The Morgan fingerprint density at radius 1 is 0.568 bits per heavy atom. The number of para-hydroxylation sites is 1. The van der Waals surface area contributed by atoms with Crippen LogP contribution in [-0.2, 0) is 9.31 Å². The highest BCUT2D eigenvalue weighted by Gasteiger charge is 2.51. The second kappa shape index (κ2) is 8.95. The molecule has 1 aliphatic heterocycles. The summed E-state index contributed by atoms with van der Waals surface area (Å²) in [5.41, 5.74) is 6.44. The van der Waals surface area contributed by atoms with E-state index < -0.39 is 7.12 Å². The van der Waals surface area contributed by atoms with Gasteiger partial charge in [0, 0.05) is 16.5 Å². The van der Waals surface area contributed by atoms with Crippen LogP contribution in [-0.4, -0.2) is 28.3 Å². The minimum Gasteiger partial charge on any atom is -0.399 e. The summed E-state index contributed by atoms with van der Waals surface area (Å²) in [5.74, 6) is 0.694. The Morgan fingerprint density at radius 3 is 1.92 bits per heavy atom. The van der Waals surface area contributed by atoms with Crippen molar-refractivity contribution in [3.8, 4) is 33.8 Å². The standard InChI is InChI=1S/C32H29BN2O2/c1-31(2)32(3,4)37-33(36-31)26-19-17-23(18-20-26)30-34-28-16-9-8-15-27(28)29(35-30)25-14-10-13-24(21-25)22-11-6-5-7-12-22/h5-21H,1-4H3. The van der Waals surface area contributed by atoms with Gasteiger partial charge in [-0.3, -0.25) is 0 Å². The first kappa shape index (κ1) is 23.6. The average Bonchev–Trinajstić information content (AvgIpc) is 3.15. The maximum absolute atomic E-state index is 6.22. The molecule has 0 radical (unpaired) electrons. The molecule has 0 unspecified atom stereocenters. The van der Waals surface area contributed by atoms with Crippen molar-refractivity contribution >= 4 is 23.5 Å². The lowest BCUT2D eigenvalue weighted by Crippen LogP contribution is -2.41. The van der Waals surface area contributed by atoms with Crippen LogP contribution >= 0.6 is 0 Å². The summed E-state index contributed by atoms with van der Waals surface area (Å²) in [5, 5.41) is 1.03. The summed E-state index contributed by atoms with van der Waals surface area (Å²) in [4.78, 5) is 9.99. The van der Waals surface area contributed by atoms with Crippen molar-refractivity contribution in [1.82, 2.24) is 9.97 Å². The highest BCUT2D eigenvalue weighted by atomic mass is 16.7. The van der Waals surface area contributed by atoms with Crippen LogP contribution in [0.4, 0.5) is 0 Å². The van der Waals surface area contributed by atoms with Crippen molar-refractivity contribution in [2.75, 3.05) is 0 Å². The van der Waals surface area contributed by atoms with Crippen LogP contribution in [0.3, 0.4) is 0 Å². The molecule has 1 fully saturated rings. The molecule has 0 N–H and O–H groups in total. The predicted octanol–water partition coefficient (Wildman–Crippen LogP) is 6.93. The van der Waals surface area contributed by atoms with Crippen LogP contribution < -0.4 is 5.46 Å². The lowest BCUT2D eigenvalue weighted by Gasteiger charge is -2.32. The Hall–Kier alpha value is -3.80. The third-order valence-electron chi connectivity index (χ3n) is 7.54. The molecule has 1 aliphatic rings. The highest BCUT2D eigenvalue weighted by molar-refractivity contribution is 6.62. The summed E-state index contributed by atoms with van der Waals surface area (Å²) in [6, 6.07) is 35.4. The van der Waals surface area contributed by atoms with Crippen LogP contribution in [0.2, 0.25) is 0 Å². The molecule has 0 spiro atoms. The van der Waals surface area contributed by atoms with Crippen molar-refractivity contribution in [2.45, 2.75) is 38.9 Å². The fraction of sp³-hybridized carbons (Fsp3) is 0.188. The minimum atomic E-state index is -0.396. The van der Waals surface area contributed by atoms with Gasteiger partial charge in [0.1, 0.15) is 0 Å². The second-order valence-corrected chi connectivity index (χ2v) is 10.6. The summed E-state index contributed by atoms with van der Waals surface area (Å²) >= 11 is 0. The lowest BCUT2D eigenvalue weighted by atomic mass is 9.79. The predicted molar refractivity (Wildman–Crippen MR) is 152 cm³/mol. The van der Waals surface area contributed by atoms with E-state index >= 15 is 0 Å². The Morgan fingerprint density at radius 2 is 1.19 bits per heavy atom. The Labute approximate surface area is 218 Å². The van der Waals surface area contributed by atoms with E-state index in [9.17, 15) is 0 Å². The van der Waals surface area contributed by atoms with Crippen LogP contribution in [0, 0.1) is 0 Å². The monoisotopic (exact) mass is 484 g/mol. The van der Waals surface area contributed by atoms with Gasteiger partial charge in [-0.05, 0) is 56.4 Å². The molecule has 182 valence electrons. The van der Waals surface area contributed by atoms with Crippen molar-refractivity contribution in [3.05, 3.63) is 103 Å². The zero-order chi connectivity index (χ0) is 25.6. The number of aromatic nitrogens is 2. The second-order valence-electron chi connectivity index (χ2n) is 10.6. The molecule has 0 atom stereocenters.